The number of aliphatic carboxylic acids is 1. The molecule has 0 saturated carbocycles. The molecular weight excluding hydrogens is 341 g/mol. The van der Waals surface area contributed by atoms with E-state index in [0.29, 0.717) is 29.8 Å². The van der Waals surface area contributed by atoms with Gasteiger partial charge in [-0.05, 0) is 42.7 Å². The Kier molecular flexibility index (Phi) is 5.48. The van der Waals surface area contributed by atoms with Gasteiger partial charge in [-0.3, -0.25) is 4.79 Å². The summed E-state index contributed by atoms with van der Waals surface area (Å²) < 4.78 is 24.0. The van der Waals surface area contributed by atoms with E-state index >= 15 is 0 Å². The highest BCUT2D eigenvalue weighted by Crippen LogP contribution is 2.23. The molecule has 2 N–H and O–H groups in total. The molecule has 1 fully saturated rings. The first-order valence-corrected chi connectivity index (χ1v) is 8.18. The van der Waals surface area contributed by atoms with Gasteiger partial charge in [0.1, 0.15) is 24.3 Å². The normalized spacial score (nSPS) is 19.1. The molecule has 0 radical (unpaired) electrons. The van der Waals surface area contributed by atoms with E-state index in [4.69, 9.17) is 14.6 Å². The third-order valence-electron chi connectivity index (χ3n) is 3.98. The number of amides is 1. The molecule has 0 aromatic heterocycles. The Morgan fingerprint density at radius 3 is 2.65 bits per heavy atom. The number of carboxylic acid groups (broad SMARTS) is 1. The maximum atomic E-state index is 13.2. The SMILES string of the molecule is O=C(Nc1cccc(OCc2cccc(F)c2)c1)[C@@H]1CC[C@H](C(=O)O)O1. The summed E-state index contributed by atoms with van der Waals surface area (Å²) in [6.45, 7) is 0.196. The fourth-order valence-corrected chi connectivity index (χ4v) is 2.69. The smallest absolute Gasteiger partial charge is 0.332 e. The molecule has 7 heteroatoms. The van der Waals surface area contributed by atoms with Crippen LogP contribution in [-0.4, -0.2) is 29.2 Å². The highest BCUT2D eigenvalue weighted by molar-refractivity contribution is 5.94. The van der Waals surface area contributed by atoms with E-state index in [2.05, 4.69) is 5.32 Å². The third-order valence-corrected chi connectivity index (χ3v) is 3.98. The number of carboxylic acids is 1. The van der Waals surface area contributed by atoms with Crippen LogP contribution in [0.1, 0.15) is 18.4 Å². The summed E-state index contributed by atoms with van der Waals surface area (Å²) in [5, 5.41) is 11.6. The van der Waals surface area contributed by atoms with Crippen molar-refractivity contribution in [3.63, 3.8) is 0 Å². The number of halogens is 1. The molecule has 0 aliphatic carbocycles. The van der Waals surface area contributed by atoms with Crippen molar-refractivity contribution < 1.29 is 28.6 Å². The minimum Gasteiger partial charge on any atom is -0.489 e. The second-order valence-corrected chi connectivity index (χ2v) is 5.96. The molecule has 136 valence electrons. The molecule has 3 rings (SSSR count). The number of benzene rings is 2. The summed E-state index contributed by atoms with van der Waals surface area (Å²) in [5.41, 5.74) is 1.20. The summed E-state index contributed by atoms with van der Waals surface area (Å²) in [6.07, 6.45) is -1.05. The summed E-state index contributed by atoms with van der Waals surface area (Å²) in [5.74, 6) is -1.27. The van der Waals surface area contributed by atoms with Crippen molar-refractivity contribution in [2.24, 2.45) is 0 Å². The van der Waals surface area contributed by atoms with Gasteiger partial charge in [0.05, 0.1) is 0 Å². The van der Waals surface area contributed by atoms with Gasteiger partial charge in [-0.2, -0.15) is 0 Å². The van der Waals surface area contributed by atoms with Gasteiger partial charge in [-0.25, -0.2) is 9.18 Å². The Hall–Kier alpha value is -2.93. The quantitative estimate of drug-likeness (QED) is 0.828. The lowest BCUT2D eigenvalue weighted by molar-refractivity contribution is -0.150. The zero-order chi connectivity index (χ0) is 18.5. The number of carbonyl (C=O) groups excluding carboxylic acids is 1. The number of anilines is 1. The predicted octanol–water partition coefficient (Wildman–Crippen LogP) is 2.98. The topological polar surface area (TPSA) is 84.9 Å². The molecule has 6 nitrogen and oxygen atoms in total. The summed E-state index contributed by atoms with van der Waals surface area (Å²) >= 11 is 0. The largest absolute Gasteiger partial charge is 0.489 e. The molecule has 1 aliphatic rings. The number of hydrogen-bond acceptors (Lipinski definition) is 4. The van der Waals surface area contributed by atoms with Crippen molar-refractivity contribution in [3.05, 3.63) is 59.9 Å². The van der Waals surface area contributed by atoms with Crippen molar-refractivity contribution in [2.75, 3.05) is 5.32 Å². The van der Waals surface area contributed by atoms with Gasteiger partial charge in [0.25, 0.3) is 5.91 Å². The Morgan fingerprint density at radius 2 is 1.92 bits per heavy atom. The van der Waals surface area contributed by atoms with Crippen LogP contribution < -0.4 is 10.1 Å². The first-order valence-electron chi connectivity index (χ1n) is 8.18. The zero-order valence-electron chi connectivity index (χ0n) is 13.9. The van der Waals surface area contributed by atoms with Crippen LogP contribution in [0.15, 0.2) is 48.5 Å². The second kappa shape index (κ2) is 7.97. The molecule has 2 aromatic carbocycles. The Morgan fingerprint density at radius 1 is 1.15 bits per heavy atom. The number of ether oxygens (including phenoxy) is 2. The first kappa shape index (κ1) is 17.9. The van der Waals surface area contributed by atoms with E-state index in [1.165, 1.54) is 12.1 Å². The molecular formula is C19H18FNO5. The molecule has 1 amide bonds. The number of carbonyl (C=O) groups is 2. The van der Waals surface area contributed by atoms with Crippen molar-refractivity contribution in [1.29, 1.82) is 0 Å². The average molecular weight is 359 g/mol. The van der Waals surface area contributed by atoms with Crippen molar-refractivity contribution in [1.82, 2.24) is 0 Å². The summed E-state index contributed by atoms with van der Waals surface area (Å²) in [7, 11) is 0. The van der Waals surface area contributed by atoms with Crippen LogP contribution in [0.2, 0.25) is 0 Å². The molecule has 1 aliphatic heterocycles. The van der Waals surface area contributed by atoms with E-state index in [0.717, 1.165) is 0 Å². The standard InChI is InChI=1S/C19H18FNO5/c20-13-4-1-3-12(9-13)11-25-15-6-2-5-14(10-15)21-18(22)16-7-8-17(26-16)19(23)24/h1-6,9-10,16-17H,7-8,11H2,(H,21,22)(H,23,24)/t16-,17+/m0/s1. The van der Waals surface area contributed by atoms with Gasteiger partial charge in [0.2, 0.25) is 0 Å². The van der Waals surface area contributed by atoms with E-state index in [1.54, 1.807) is 36.4 Å². The number of nitrogens with one attached hydrogen (secondary N) is 1. The van der Waals surface area contributed by atoms with Crippen molar-refractivity contribution in [2.45, 2.75) is 31.7 Å². The average Bonchev–Trinajstić information content (AvgIpc) is 3.11. The van der Waals surface area contributed by atoms with Crippen LogP contribution in [0.4, 0.5) is 10.1 Å². The van der Waals surface area contributed by atoms with Crippen LogP contribution in [-0.2, 0) is 20.9 Å². The monoisotopic (exact) mass is 359 g/mol. The highest BCUT2D eigenvalue weighted by atomic mass is 19.1. The molecule has 0 spiro atoms. The molecule has 1 heterocycles. The Balaban J connectivity index is 1.57. The first-order chi connectivity index (χ1) is 12.5. The van der Waals surface area contributed by atoms with Crippen LogP contribution in [0.25, 0.3) is 0 Å². The van der Waals surface area contributed by atoms with Gasteiger partial charge in [0, 0.05) is 11.8 Å². The van der Waals surface area contributed by atoms with E-state index in [9.17, 15) is 14.0 Å². The van der Waals surface area contributed by atoms with Crippen molar-refractivity contribution >= 4 is 17.6 Å². The van der Waals surface area contributed by atoms with Gasteiger partial charge in [-0.1, -0.05) is 18.2 Å². The fourth-order valence-electron chi connectivity index (χ4n) is 2.69. The van der Waals surface area contributed by atoms with Crippen LogP contribution in [0, 0.1) is 5.82 Å². The number of hydrogen-bond donors (Lipinski definition) is 2. The maximum absolute atomic E-state index is 13.2. The zero-order valence-corrected chi connectivity index (χ0v) is 13.9. The summed E-state index contributed by atoms with van der Waals surface area (Å²) in [4.78, 5) is 23.1. The minimum absolute atomic E-state index is 0.196. The highest BCUT2D eigenvalue weighted by Gasteiger charge is 2.34. The maximum Gasteiger partial charge on any atom is 0.332 e. The molecule has 0 bridgehead atoms. The Labute approximate surface area is 149 Å². The van der Waals surface area contributed by atoms with Crippen LogP contribution in [0.3, 0.4) is 0 Å². The van der Waals surface area contributed by atoms with E-state index in [1.807, 2.05) is 0 Å². The molecule has 2 atom stereocenters. The Bertz CT molecular complexity index is 810. The minimum atomic E-state index is -1.06. The molecule has 0 unspecified atom stereocenters. The van der Waals surface area contributed by atoms with Gasteiger partial charge in [0.15, 0.2) is 6.10 Å². The predicted molar refractivity (Wildman–Crippen MR) is 91.3 cm³/mol. The van der Waals surface area contributed by atoms with E-state index < -0.39 is 24.1 Å². The lowest BCUT2D eigenvalue weighted by Gasteiger charge is -2.13. The van der Waals surface area contributed by atoms with Gasteiger partial charge >= 0.3 is 5.97 Å². The number of rotatable bonds is 6. The van der Waals surface area contributed by atoms with Crippen LogP contribution in [0.5, 0.6) is 5.75 Å². The fraction of sp³-hybridized carbons (Fsp3) is 0.263. The van der Waals surface area contributed by atoms with Gasteiger partial charge < -0.3 is 19.9 Å². The van der Waals surface area contributed by atoms with Gasteiger partial charge in [-0.15, -0.1) is 0 Å². The lowest BCUT2D eigenvalue weighted by Crippen LogP contribution is -2.29. The third kappa shape index (κ3) is 4.58. The summed E-state index contributed by atoms with van der Waals surface area (Å²) in [6, 6.07) is 12.9. The lowest BCUT2D eigenvalue weighted by atomic mass is 10.2. The molecule has 1 saturated heterocycles. The molecule has 2 aromatic rings. The second-order valence-electron chi connectivity index (χ2n) is 5.96. The van der Waals surface area contributed by atoms with E-state index in [-0.39, 0.29) is 12.4 Å². The van der Waals surface area contributed by atoms with Crippen molar-refractivity contribution in [3.8, 4) is 5.75 Å². The van der Waals surface area contributed by atoms with Crippen LogP contribution >= 0.6 is 0 Å². The molecule has 26 heavy (non-hydrogen) atoms.